The van der Waals surface area contributed by atoms with Crippen molar-refractivity contribution in [3.63, 3.8) is 0 Å². The van der Waals surface area contributed by atoms with Crippen molar-refractivity contribution in [3.05, 3.63) is 36.0 Å². The van der Waals surface area contributed by atoms with Gasteiger partial charge in [-0.1, -0.05) is 12.2 Å². The standard InChI is InChI=1S/C20H23F3N2O2/c21-20(22,23)14-3-8-18(24-11-14)27-16-6-4-15(5-7-16)25-19(26)17-10-12-1-2-13(17)9-12/h1-3,8,11-13,15-17H,4-7,9-10H2,(H,25,26). The number of pyridine rings is 1. The van der Waals surface area contributed by atoms with Gasteiger partial charge in [-0.25, -0.2) is 4.98 Å². The average molecular weight is 380 g/mol. The Morgan fingerprint density at radius 3 is 2.44 bits per heavy atom. The Bertz CT molecular complexity index is 709. The topological polar surface area (TPSA) is 51.2 Å². The summed E-state index contributed by atoms with van der Waals surface area (Å²) < 4.78 is 43.4. The van der Waals surface area contributed by atoms with E-state index in [0.717, 1.165) is 50.8 Å². The second-order valence-electron chi connectivity index (χ2n) is 7.87. The molecule has 0 saturated heterocycles. The van der Waals surface area contributed by atoms with Crippen LogP contribution in [0.5, 0.6) is 5.88 Å². The predicted octanol–water partition coefficient (Wildman–Crippen LogP) is 4.12. The van der Waals surface area contributed by atoms with Gasteiger partial charge in [0, 0.05) is 24.2 Å². The first kappa shape index (κ1) is 18.3. The smallest absolute Gasteiger partial charge is 0.417 e. The normalized spacial score (nSPS) is 32.5. The van der Waals surface area contributed by atoms with E-state index in [2.05, 4.69) is 22.5 Å². The van der Waals surface area contributed by atoms with E-state index >= 15 is 0 Å². The van der Waals surface area contributed by atoms with Crippen LogP contribution in [0, 0.1) is 17.8 Å². The molecule has 1 N–H and O–H groups in total. The summed E-state index contributed by atoms with van der Waals surface area (Å²) in [7, 11) is 0. The third kappa shape index (κ3) is 4.12. The van der Waals surface area contributed by atoms with Crippen molar-refractivity contribution in [3.8, 4) is 5.88 Å². The highest BCUT2D eigenvalue weighted by molar-refractivity contribution is 5.80. The van der Waals surface area contributed by atoms with Gasteiger partial charge in [0.15, 0.2) is 0 Å². The number of alkyl halides is 3. The minimum absolute atomic E-state index is 0.0761. The van der Waals surface area contributed by atoms with E-state index in [1.54, 1.807) is 0 Å². The number of hydrogen-bond donors (Lipinski definition) is 1. The van der Waals surface area contributed by atoms with Gasteiger partial charge in [0.1, 0.15) is 6.10 Å². The summed E-state index contributed by atoms with van der Waals surface area (Å²) in [5.41, 5.74) is -0.781. The zero-order valence-electron chi connectivity index (χ0n) is 14.9. The molecule has 2 saturated carbocycles. The number of nitrogens with zero attached hydrogens (tertiary/aromatic N) is 1. The zero-order chi connectivity index (χ0) is 19.0. The van der Waals surface area contributed by atoms with Crippen molar-refractivity contribution in [2.24, 2.45) is 17.8 Å². The first-order chi connectivity index (χ1) is 12.9. The summed E-state index contributed by atoms with van der Waals surface area (Å²) in [4.78, 5) is 16.3. The predicted molar refractivity (Wildman–Crippen MR) is 92.9 cm³/mol. The molecule has 4 nitrogen and oxygen atoms in total. The van der Waals surface area contributed by atoms with Gasteiger partial charge in [-0.3, -0.25) is 4.79 Å². The average Bonchev–Trinajstić information content (AvgIpc) is 3.26. The fourth-order valence-corrected chi connectivity index (χ4v) is 4.50. The Labute approximate surface area is 156 Å². The lowest BCUT2D eigenvalue weighted by Gasteiger charge is -2.30. The number of carbonyl (C=O) groups excluding carboxylic acids is 1. The number of halogens is 3. The summed E-state index contributed by atoms with van der Waals surface area (Å²) in [5, 5.41) is 3.19. The van der Waals surface area contributed by atoms with Gasteiger partial charge in [0.25, 0.3) is 0 Å². The highest BCUT2D eigenvalue weighted by Crippen LogP contribution is 2.43. The largest absolute Gasteiger partial charge is 0.474 e. The maximum absolute atomic E-state index is 12.6. The lowest BCUT2D eigenvalue weighted by atomic mass is 9.90. The van der Waals surface area contributed by atoms with E-state index in [0.29, 0.717) is 11.8 Å². The molecule has 1 heterocycles. The van der Waals surface area contributed by atoms with Crippen LogP contribution in [0.3, 0.4) is 0 Å². The van der Waals surface area contributed by atoms with Crippen molar-refractivity contribution in [1.29, 1.82) is 0 Å². The van der Waals surface area contributed by atoms with E-state index in [9.17, 15) is 18.0 Å². The highest BCUT2D eigenvalue weighted by Gasteiger charge is 2.40. The maximum atomic E-state index is 12.6. The molecule has 0 radical (unpaired) electrons. The van der Waals surface area contributed by atoms with Crippen molar-refractivity contribution < 1.29 is 22.7 Å². The molecule has 1 amide bonds. The van der Waals surface area contributed by atoms with Gasteiger partial charge in [0.2, 0.25) is 11.8 Å². The Morgan fingerprint density at radius 1 is 1.11 bits per heavy atom. The zero-order valence-corrected chi connectivity index (χ0v) is 14.9. The minimum atomic E-state index is -4.39. The summed E-state index contributed by atoms with van der Waals surface area (Å²) in [6.45, 7) is 0. The molecule has 2 bridgehead atoms. The summed E-state index contributed by atoms with van der Waals surface area (Å²) in [6.07, 6.45) is 5.95. The number of ether oxygens (including phenoxy) is 1. The van der Waals surface area contributed by atoms with Crippen LogP contribution >= 0.6 is 0 Å². The van der Waals surface area contributed by atoms with Crippen LogP contribution in [0.1, 0.15) is 44.1 Å². The lowest BCUT2D eigenvalue weighted by Crippen LogP contribution is -2.43. The molecule has 3 aliphatic carbocycles. The van der Waals surface area contributed by atoms with E-state index in [4.69, 9.17) is 4.74 Å². The molecule has 1 aromatic rings. The molecule has 3 unspecified atom stereocenters. The number of rotatable bonds is 4. The Hall–Kier alpha value is -2.05. The van der Waals surface area contributed by atoms with Crippen LogP contribution in [0.25, 0.3) is 0 Å². The van der Waals surface area contributed by atoms with Crippen LogP contribution in [-0.2, 0) is 11.0 Å². The summed E-state index contributed by atoms with van der Waals surface area (Å²) in [6, 6.07) is 2.40. The molecule has 3 aliphatic rings. The van der Waals surface area contributed by atoms with Gasteiger partial charge in [-0.05, 0) is 56.4 Å². The molecule has 4 rings (SSSR count). The molecule has 27 heavy (non-hydrogen) atoms. The Morgan fingerprint density at radius 2 is 1.89 bits per heavy atom. The molecule has 1 aromatic heterocycles. The van der Waals surface area contributed by atoms with E-state index in [-0.39, 0.29) is 29.9 Å². The highest BCUT2D eigenvalue weighted by atomic mass is 19.4. The van der Waals surface area contributed by atoms with Gasteiger partial charge in [0.05, 0.1) is 5.56 Å². The second-order valence-corrected chi connectivity index (χ2v) is 7.87. The molecule has 3 atom stereocenters. The number of aromatic nitrogens is 1. The lowest BCUT2D eigenvalue weighted by molar-refractivity contribution is -0.137. The third-order valence-corrected chi connectivity index (χ3v) is 5.99. The second kappa shape index (κ2) is 7.17. The monoisotopic (exact) mass is 380 g/mol. The van der Waals surface area contributed by atoms with Crippen molar-refractivity contribution in [2.45, 2.75) is 56.8 Å². The molecule has 146 valence electrons. The Kier molecular flexibility index (Phi) is 4.86. The van der Waals surface area contributed by atoms with E-state index < -0.39 is 11.7 Å². The molecule has 7 heteroatoms. The van der Waals surface area contributed by atoms with Gasteiger partial charge in [-0.2, -0.15) is 13.2 Å². The molecule has 2 fully saturated rings. The molecular formula is C20H23F3N2O2. The first-order valence-electron chi connectivity index (χ1n) is 9.57. The van der Waals surface area contributed by atoms with Gasteiger partial charge >= 0.3 is 6.18 Å². The maximum Gasteiger partial charge on any atom is 0.417 e. The fraction of sp³-hybridized carbons (Fsp3) is 0.600. The molecular weight excluding hydrogens is 357 g/mol. The van der Waals surface area contributed by atoms with Crippen molar-refractivity contribution in [1.82, 2.24) is 10.3 Å². The van der Waals surface area contributed by atoms with Crippen LogP contribution in [-0.4, -0.2) is 23.0 Å². The fourth-order valence-electron chi connectivity index (χ4n) is 4.50. The third-order valence-electron chi connectivity index (χ3n) is 5.99. The first-order valence-corrected chi connectivity index (χ1v) is 9.57. The van der Waals surface area contributed by atoms with E-state index in [1.165, 1.54) is 6.07 Å². The molecule has 0 spiro atoms. The number of fused-ring (bicyclic) bond motifs is 2. The quantitative estimate of drug-likeness (QED) is 0.800. The SMILES string of the molecule is O=C(NC1CCC(Oc2ccc(C(F)(F)F)cn2)CC1)C1CC2C=CC1C2. The number of allylic oxidation sites excluding steroid dienone is 2. The van der Waals surface area contributed by atoms with Crippen molar-refractivity contribution in [2.75, 3.05) is 0 Å². The summed E-state index contributed by atoms with van der Waals surface area (Å²) >= 11 is 0. The minimum Gasteiger partial charge on any atom is -0.474 e. The Balaban J connectivity index is 1.23. The number of nitrogens with one attached hydrogen (secondary N) is 1. The van der Waals surface area contributed by atoms with Crippen LogP contribution in [0.2, 0.25) is 0 Å². The number of carbonyl (C=O) groups is 1. The number of hydrogen-bond acceptors (Lipinski definition) is 3. The van der Waals surface area contributed by atoms with Gasteiger partial charge in [-0.15, -0.1) is 0 Å². The van der Waals surface area contributed by atoms with Crippen molar-refractivity contribution >= 4 is 5.91 Å². The van der Waals surface area contributed by atoms with Gasteiger partial charge < -0.3 is 10.1 Å². The van der Waals surface area contributed by atoms with Crippen LogP contribution in [0.4, 0.5) is 13.2 Å². The van der Waals surface area contributed by atoms with E-state index in [1.807, 2.05) is 0 Å². The summed E-state index contributed by atoms with van der Waals surface area (Å²) in [5.74, 6) is 1.47. The molecule has 0 aliphatic heterocycles. The van der Waals surface area contributed by atoms with Crippen LogP contribution < -0.4 is 10.1 Å². The number of amides is 1. The van der Waals surface area contributed by atoms with Crippen LogP contribution in [0.15, 0.2) is 30.5 Å². The molecule has 0 aromatic carbocycles.